The molecule has 0 saturated carbocycles. The average Bonchev–Trinajstić information content (AvgIpc) is 2.22. The number of nitrogens with one attached hydrogen (secondary N) is 1. The molecule has 96 valence electrons. The molecule has 0 aliphatic heterocycles. The number of aryl methyl sites for hydroxylation is 2. The van der Waals surface area contributed by atoms with Gasteiger partial charge in [0.1, 0.15) is 0 Å². The number of hydrogen-bond acceptors (Lipinski definition) is 1. The van der Waals surface area contributed by atoms with Gasteiger partial charge in [-0.05, 0) is 37.3 Å². The summed E-state index contributed by atoms with van der Waals surface area (Å²) < 4.78 is 0. The van der Waals surface area contributed by atoms with Crippen LogP contribution >= 0.6 is 11.6 Å². The number of rotatable bonds is 6. The van der Waals surface area contributed by atoms with Gasteiger partial charge in [-0.25, -0.2) is 0 Å². The Bertz CT molecular complexity index is 347. The largest absolute Gasteiger partial charge is 0.311 e. The van der Waals surface area contributed by atoms with Gasteiger partial charge in [-0.3, -0.25) is 0 Å². The highest BCUT2D eigenvalue weighted by Gasteiger charge is 2.07. The minimum Gasteiger partial charge on any atom is -0.311 e. The SMILES string of the molecule is Cc1ccc(C)c(CNCC(Cl)CC(C)C)c1. The lowest BCUT2D eigenvalue weighted by atomic mass is 10.1. The number of hydrogen-bond donors (Lipinski definition) is 1. The van der Waals surface area contributed by atoms with Crippen molar-refractivity contribution in [3.8, 4) is 0 Å². The van der Waals surface area contributed by atoms with Crippen LogP contribution in [0.15, 0.2) is 18.2 Å². The van der Waals surface area contributed by atoms with Crippen molar-refractivity contribution in [1.29, 1.82) is 0 Å². The summed E-state index contributed by atoms with van der Waals surface area (Å²) in [5.74, 6) is 0.667. The Balaban J connectivity index is 2.38. The summed E-state index contributed by atoms with van der Waals surface area (Å²) in [5.41, 5.74) is 4.04. The molecule has 1 unspecified atom stereocenters. The quantitative estimate of drug-likeness (QED) is 0.755. The van der Waals surface area contributed by atoms with E-state index in [4.69, 9.17) is 11.6 Å². The molecule has 17 heavy (non-hydrogen) atoms. The molecule has 1 atom stereocenters. The molecule has 0 fully saturated rings. The Kier molecular flexibility index (Phi) is 6.01. The molecular weight excluding hydrogens is 230 g/mol. The first kappa shape index (κ1) is 14.5. The third-order valence-corrected chi connectivity index (χ3v) is 3.25. The maximum absolute atomic E-state index is 6.25. The lowest BCUT2D eigenvalue weighted by Gasteiger charge is -2.14. The molecular formula is C15H24ClN. The van der Waals surface area contributed by atoms with Crippen molar-refractivity contribution in [1.82, 2.24) is 5.32 Å². The zero-order valence-electron chi connectivity index (χ0n) is 11.4. The third-order valence-electron chi connectivity index (χ3n) is 2.91. The van der Waals surface area contributed by atoms with Crippen LogP contribution in [0.2, 0.25) is 0 Å². The molecule has 0 heterocycles. The van der Waals surface area contributed by atoms with Crippen LogP contribution in [-0.2, 0) is 6.54 Å². The Morgan fingerprint density at radius 1 is 1.24 bits per heavy atom. The van der Waals surface area contributed by atoms with E-state index in [2.05, 4.69) is 51.2 Å². The maximum Gasteiger partial charge on any atom is 0.0463 e. The molecule has 0 aliphatic carbocycles. The smallest absolute Gasteiger partial charge is 0.0463 e. The predicted molar refractivity (Wildman–Crippen MR) is 76.7 cm³/mol. The maximum atomic E-state index is 6.25. The Morgan fingerprint density at radius 2 is 1.94 bits per heavy atom. The molecule has 1 nitrogen and oxygen atoms in total. The average molecular weight is 254 g/mol. The summed E-state index contributed by atoms with van der Waals surface area (Å²) in [7, 11) is 0. The standard InChI is InChI=1S/C15H24ClN/c1-11(2)7-15(16)10-17-9-14-8-12(3)5-6-13(14)4/h5-6,8,11,15,17H,7,9-10H2,1-4H3. The minimum atomic E-state index is 0.236. The van der Waals surface area contributed by atoms with Gasteiger partial charge in [0.15, 0.2) is 0 Å². The zero-order valence-corrected chi connectivity index (χ0v) is 12.1. The van der Waals surface area contributed by atoms with E-state index >= 15 is 0 Å². The minimum absolute atomic E-state index is 0.236. The van der Waals surface area contributed by atoms with Crippen molar-refractivity contribution in [2.24, 2.45) is 5.92 Å². The predicted octanol–water partition coefficient (Wildman–Crippen LogP) is 4.05. The second-order valence-electron chi connectivity index (χ2n) is 5.29. The monoisotopic (exact) mass is 253 g/mol. The molecule has 0 saturated heterocycles. The summed E-state index contributed by atoms with van der Waals surface area (Å²) in [4.78, 5) is 0. The number of benzene rings is 1. The first-order chi connectivity index (χ1) is 7.99. The van der Waals surface area contributed by atoms with Crippen LogP contribution in [0, 0.1) is 19.8 Å². The van der Waals surface area contributed by atoms with Gasteiger partial charge < -0.3 is 5.32 Å². The van der Waals surface area contributed by atoms with Gasteiger partial charge in [0, 0.05) is 18.5 Å². The van der Waals surface area contributed by atoms with E-state index in [0.717, 1.165) is 19.5 Å². The van der Waals surface area contributed by atoms with Gasteiger partial charge in [-0.2, -0.15) is 0 Å². The van der Waals surface area contributed by atoms with Crippen LogP contribution in [0.3, 0.4) is 0 Å². The van der Waals surface area contributed by atoms with Gasteiger partial charge in [0.2, 0.25) is 0 Å². The van der Waals surface area contributed by atoms with E-state index in [1.165, 1.54) is 16.7 Å². The molecule has 2 heteroatoms. The van der Waals surface area contributed by atoms with E-state index in [0.29, 0.717) is 5.92 Å². The van der Waals surface area contributed by atoms with Crippen LogP contribution in [-0.4, -0.2) is 11.9 Å². The second kappa shape index (κ2) is 7.03. The molecule has 1 rings (SSSR count). The van der Waals surface area contributed by atoms with Crippen molar-refractivity contribution in [2.45, 2.75) is 46.0 Å². The highest BCUT2D eigenvalue weighted by molar-refractivity contribution is 6.20. The highest BCUT2D eigenvalue weighted by Crippen LogP contribution is 2.12. The van der Waals surface area contributed by atoms with Crippen LogP contribution in [0.25, 0.3) is 0 Å². The van der Waals surface area contributed by atoms with Crippen LogP contribution in [0.4, 0.5) is 0 Å². The van der Waals surface area contributed by atoms with Gasteiger partial charge >= 0.3 is 0 Å². The first-order valence-corrected chi connectivity index (χ1v) is 6.83. The summed E-state index contributed by atoms with van der Waals surface area (Å²) >= 11 is 6.25. The molecule has 1 aromatic carbocycles. The molecule has 0 aromatic heterocycles. The lowest BCUT2D eigenvalue weighted by Crippen LogP contribution is -2.24. The van der Waals surface area contributed by atoms with Crippen molar-refractivity contribution in [3.05, 3.63) is 34.9 Å². The fourth-order valence-corrected chi connectivity index (χ4v) is 2.41. The van der Waals surface area contributed by atoms with Crippen LogP contribution < -0.4 is 5.32 Å². The van der Waals surface area contributed by atoms with Crippen LogP contribution in [0.1, 0.15) is 37.0 Å². The normalized spacial score (nSPS) is 13.1. The van der Waals surface area contributed by atoms with Crippen molar-refractivity contribution in [2.75, 3.05) is 6.54 Å². The van der Waals surface area contributed by atoms with Crippen molar-refractivity contribution >= 4 is 11.6 Å². The molecule has 1 aromatic rings. The molecule has 0 amide bonds. The fraction of sp³-hybridized carbons (Fsp3) is 0.600. The van der Waals surface area contributed by atoms with Gasteiger partial charge in [-0.15, -0.1) is 11.6 Å². The fourth-order valence-electron chi connectivity index (χ4n) is 1.95. The van der Waals surface area contributed by atoms with Gasteiger partial charge in [-0.1, -0.05) is 37.6 Å². The molecule has 0 radical (unpaired) electrons. The van der Waals surface area contributed by atoms with Crippen molar-refractivity contribution in [3.63, 3.8) is 0 Å². The number of halogens is 1. The van der Waals surface area contributed by atoms with E-state index in [9.17, 15) is 0 Å². The summed E-state index contributed by atoms with van der Waals surface area (Å²) in [5, 5.41) is 3.68. The molecule has 0 spiro atoms. The van der Waals surface area contributed by atoms with E-state index in [1.807, 2.05) is 0 Å². The number of alkyl halides is 1. The second-order valence-corrected chi connectivity index (χ2v) is 5.90. The van der Waals surface area contributed by atoms with Gasteiger partial charge in [0.25, 0.3) is 0 Å². The molecule has 0 aliphatic rings. The van der Waals surface area contributed by atoms with E-state index in [1.54, 1.807) is 0 Å². The highest BCUT2D eigenvalue weighted by atomic mass is 35.5. The topological polar surface area (TPSA) is 12.0 Å². The Labute approximate surface area is 111 Å². The van der Waals surface area contributed by atoms with Crippen molar-refractivity contribution < 1.29 is 0 Å². The van der Waals surface area contributed by atoms with Crippen LogP contribution in [0.5, 0.6) is 0 Å². The van der Waals surface area contributed by atoms with Gasteiger partial charge in [0.05, 0.1) is 0 Å². The summed E-state index contributed by atoms with van der Waals surface area (Å²) in [6.45, 7) is 10.5. The third kappa shape index (κ3) is 5.56. The zero-order chi connectivity index (χ0) is 12.8. The summed E-state index contributed by atoms with van der Waals surface area (Å²) in [6.07, 6.45) is 1.07. The first-order valence-electron chi connectivity index (χ1n) is 6.40. The Hall–Kier alpha value is -0.530. The van der Waals surface area contributed by atoms with E-state index in [-0.39, 0.29) is 5.38 Å². The molecule has 0 bridgehead atoms. The lowest BCUT2D eigenvalue weighted by molar-refractivity contribution is 0.533. The summed E-state index contributed by atoms with van der Waals surface area (Å²) in [6, 6.07) is 6.58. The molecule has 1 N–H and O–H groups in total. The Morgan fingerprint density at radius 3 is 2.59 bits per heavy atom. The van der Waals surface area contributed by atoms with E-state index < -0.39 is 0 Å².